The summed E-state index contributed by atoms with van der Waals surface area (Å²) in [5, 5.41) is 0. The third kappa shape index (κ3) is 5.32. The third-order valence-corrected chi connectivity index (χ3v) is 4.60. The van der Waals surface area contributed by atoms with E-state index in [1.807, 2.05) is 44.2 Å². The minimum atomic E-state index is -0.486. The molecule has 150 valence electrons. The fourth-order valence-electron chi connectivity index (χ4n) is 3.03. The Morgan fingerprint density at radius 1 is 1.14 bits per heavy atom. The predicted octanol–water partition coefficient (Wildman–Crippen LogP) is 3.59. The SMILES string of the molecule is COc1ccc(CO[C@H]2CO[C@@H](C)O[C@@H]2C(C)OC(=O)c2ccccc2)cc1. The molecule has 1 aliphatic rings. The van der Waals surface area contributed by atoms with E-state index in [2.05, 4.69) is 0 Å². The minimum Gasteiger partial charge on any atom is -0.497 e. The minimum absolute atomic E-state index is 0.350. The van der Waals surface area contributed by atoms with Crippen molar-refractivity contribution >= 4 is 5.97 Å². The molecular weight excluding hydrogens is 360 g/mol. The number of benzene rings is 2. The van der Waals surface area contributed by atoms with Crippen molar-refractivity contribution in [3.05, 3.63) is 65.7 Å². The van der Waals surface area contributed by atoms with Gasteiger partial charge in [0.1, 0.15) is 24.1 Å². The number of hydrogen-bond acceptors (Lipinski definition) is 6. The Balaban J connectivity index is 1.61. The Bertz CT molecular complexity index is 745. The van der Waals surface area contributed by atoms with Crippen LogP contribution in [0.1, 0.15) is 29.8 Å². The standard InChI is InChI=1S/C22H26O6/c1-15(27-22(23)18-7-5-4-6-8-18)21-20(14-25-16(2)28-21)26-13-17-9-11-19(24-3)12-10-17/h4-12,15-16,20-21H,13-14H2,1-3H3/t15?,16-,20+,21-/m1/s1. The molecular formula is C22H26O6. The lowest BCUT2D eigenvalue weighted by Crippen LogP contribution is -2.50. The lowest BCUT2D eigenvalue weighted by molar-refractivity contribution is -0.272. The van der Waals surface area contributed by atoms with Crippen LogP contribution in [-0.2, 0) is 25.6 Å². The second kappa shape index (κ2) is 9.68. The number of methoxy groups -OCH3 is 1. The van der Waals surface area contributed by atoms with Gasteiger partial charge in [0.05, 0.1) is 25.9 Å². The molecule has 28 heavy (non-hydrogen) atoms. The molecule has 0 saturated carbocycles. The summed E-state index contributed by atoms with van der Waals surface area (Å²) in [6.07, 6.45) is -1.64. The fraction of sp³-hybridized carbons (Fsp3) is 0.409. The van der Waals surface area contributed by atoms with Gasteiger partial charge in [0.2, 0.25) is 0 Å². The zero-order chi connectivity index (χ0) is 19.9. The first-order valence-electron chi connectivity index (χ1n) is 9.34. The molecule has 1 fully saturated rings. The number of carbonyl (C=O) groups is 1. The quantitative estimate of drug-likeness (QED) is 0.678. The average Bonchev–Trinajstić information content (AvgIpc) is 2.73. The highest BCUT2D eigenvalue weighted by atomic mass is 16.7. The van der Waals surface area contributed by atoms with Gasteiger partial charge in [-0.05, 0) is 43.7 Å². The van der Waals surface area contributed by atoms with Crippen LogP contribution in [0.3, 0.4) is 0 Å². The van der Waals surface area contributed by atoms with Gasteiger partial charge in [-0.3, -0.25) is 0 Å². The molecule has 2 aromatic rings. The molecule has 1 aliphatic heterocycles. The average molecular weight is 386 g/mol. The number of carbonyl (C=O) groups excluding carboxylic acids is 1. The van der Waals surface area contributed by atoms with Gasteiger partial charge in [0.15, 0.2) is 6.29 Å². The number of hydrogen-bond donors (Lipinski definition) is 0. The van der Waals surface area contributed by atoms with E-state index in [1.165, 1.54) is 0 Å². The Labute approximate surface area is 165 Å². The highest BCUT2D eigenvalue weighted by molar-refractivity contribution is 5.89. The molecule has 1 unspecified atom stereocenters. The van der Waals surface area contributed by atoms with Gasteiger partial charge in [-0.2, -0.15) is 0 Å². The van der Waals surface area contributed by atoms with E-state index < -0.39 is 12.2 Å². The van der Waals surface area contributed by atoms with Crippen molar-refractivity contribution in [1.29, 1.82) is 0 Å². The normalized spacial score (nSPS) is 23.0. The summed E-state index contributed by atoms with van der Waals surface area (Å²) >= 11 is 0. The van der Waals surface area contributed by atoms with Crippen molar-refractivity contribution in [3.8, 4) is 5.75 Å². The van der Waals surface area contributed by atoms with Gasteiger partial charge in [-0.15, -0.1) is 0 Å². The number of ether oxygens (including phenoxy) is 5. The van der Waals surface area contributed by atoms with E-state index in [4.69, 9.17) is 23.7 Å². The topological polar surface area (TPSA) is 63.2 Å². The largest absolute Gasteiger partial charge is 0.497 e. The fourth-order valence-corrected chi connectivity index (χ4v) is 3.03. The van der Waals surface area contributed by atoms with E-state index in [1.54, 1.807) is 31.4 Å². The molecule has 0 N–H and O–H groups in total. The van der Waals surface area contributed by atoms with E-state index >= 15 is 0 Å². The summed E-state index contributed by atoms with van der Waals surface area (Å²) < 4.78 is 28.3. The van der Waals surface area contributed by atoms with Crippen LogP contribution >= 0.6 is 0 Å². The first-order valence-corrected chi connectivity index (χ1v) is 9.34. The molecule has 0 aromatic heterocycles. The van der Waals surface area contributed by atoms with Gasteiger partial charge < -0.3 is 23.7 Å². The van der Waals surface area contributed by atoms with E-state index in [0.717, 1.165) is 11.3 Å². The van der Waals surface area contributed by atoms with Crippen LogP contribution in [0.4, 0.5) is 0 Å². The van der Waals surface area contributed by atoms with Gasteiger partial charge in [0, 0.05) is 0 Å². The molecule has 0 spiro atoms. The van der Waals surface area contributed by atoms with E-state index in [9.17, 15) is 4.79 Å². The lowest BCUT2D eigenvalue weighted by atomic mass is 10.1. The van der Waals surface area contributed by atoms with Crippen molar-refractivity contribution in [2.75, 3.05) is 13.7 Å². The molecule has 0 aliphatic carbocycles. The maximum absolute atomic E-state index is 12.4. The monoisotopic (exact) mass is 386 g/mol. The van der Waals surface area contributed by atoms with Crippen LogP contribution < -0.4 is 4.74 Å². The smallest absolute Gasteiger partial charge is 0.338 e. The molecule has 1 heterocycles. The summed E-state index contributed by atoms with van der Waals surface area (Å²) in [6.45, 7) is 4.40. The van der Waals surface area contributed by atoms with Crippen molar-refractivity contribution in [2.45, 2.75) is 45.1 Å². The van der Waals surface area contributed by atoms with Crippen LogP contribution in [0.15, 0.2) is 54.6 Å². The molecule has 4 atom stereocenters. The maximum atomic E-state index is 12.4. The summed E-state index contributed by atoms with van der Waals surface area (Å²) in [5.74, 6) is 0.408. The summed E-state index contributed by atoms with van der Waals surface area (Å²) in [5.41, 5.74) is 1.51. The zero-order valence-corrected chi connectivity index (χ0v) is 16.4. The second-order valence-electron chi connectivity index (χ2n) is 6.68. The molecule has 0 bridgehead atoms. The van der Waals surface area contributed by atoms with Gasteiger partial charge in [0.25, 0.3) is 0 Å². The maximum Gasteiger partial charge on any atom is 0.338 e. The molecule has 6 heteroatoms. The Kier molecular flexibility index (Phi) is 7.03. The summed E-state index contributed by atoms with van der Waals surface area (Å²) in [4.78, 5) is 12.4. The highest BCUT2D eigenvalue weighted by Crippen LogP contribution is 2.23. The molecule has 1 saturated heterocycles. The van der Waals surface area contributed by atoms with Crippen LogP contribution in [0.5, 0.6) is 5.75 Å². The first-order chi connectivity index (χ1) is 13.6. The Morgan fingerprint density at radius 2 is 1.86 bits per heavy atom. The van der Waals surface area contributed by atoms with Gasteiger partial charge >= 0.3 is 5.97 Å². The van der Waals surface area contributed by atoms with Crippen LogP contribution in [0.2, 0.25) is 0 Å². The molecule has 0 amide bonds. The van der Waals surface area contributed by atoms with E-state index in [-0.39, 0.29) is 18.4 Å². The van der Waals surface area contributed by atoms with Crippen molar-refractivity contribution in [2.24, 2.45) is 0 Å². The number of rotatable bonds is 7. The summed E-state index contributed by atoms with van der Waals surface area (Å²) in [6, 6.07) is 16.6. The van der Waals surface area contributed by atoms with Crippen molar-refractivity contribution in [3.63, 3.8) is 0 Å². The Hall–Kier alpha value is -2.41. The second-order valence-corrected chi connectivity index (χ2v) is 6.68. The molecule has 6 nitrogen and oxygen atoms in total. The van der Waals surface area contributed by atoms with Gasteiger partial charge in [-0.25, -0.2) is 4.79 Å². The van der Waals surface area contributed by atoms with Crippen LogP contribution in [0.25, 0.3) is 0 Å². The van der Waals surface area contributed by atoms with Gasteiger partial charge in [-0.1, -0.05) is 30.3 Å². The van der Waals surface area contributed by atoms with E-state index in [0.29, 0.717) is 18.8 Å². The highest BCUT2D eigenvalue weighted by Gasteiger charge is 2.37. The van der Waals surface area contributed by atoms with Crippen LogP contribution in [-0.4, -0.2) is 44.3 Å². The molecule has 3 rings (SSSR count). The first kappa shape index (κ1) is 20.3. The Morgan fingerprint density at radius 3 is 2.54 bits per heavy atom. The number of esters is 1. The lowest BCUT2D eigenvalue weighted by Gasteiger charge is -2.37. The van der Waals surface area contributed by atoms with Crippen molar-refractivity contribution in [1.82, 2.24) is 0 Å². The summed E-state index contributed by atoms with van der Waals surface area (Å²) in [7, 11) is 1.63. The predicted molar refractivity (Wildman–Crippen MR) is 103 cm³/mol. The molecule has 0 radical (unpaired) electrons. The third-order valence-electron chi connectivity index (χ3n) is 4.60. The zero-order valence-electron chi connectivity index (χ0n) is 16.4. The molecule has 2 aromatic carbocycles. The van der Waals surface area contributed by atoms with Crippen LogP contribution in [0, 0.1) is 0 Å². The van der Waals surface area contributed by atoms with Crippen molar-refractivity contribution < 1.29 is 28.5 Å².